The van der Waals surface area contributed by atoms with Gasteiger partial charge in [-0.3, -0.25) is 14.5 Å². The zero-order chi connectivity index (χ0) is 19.7. The molecule has 2 aliphatic heterocycles. The van der Waals surface area contributed by atoms with Crippen LogP contribution in [0.15, 0.2) is 18.2 Å². The van der Waals surface area contributed by atoms with Crippen molar-refractivity contribution in [3.05, 3.63) is 35.2 Å². The van der Waals surface area contributed by atoms with Crippen molar-refractivity contribution < 1.29 is 9.59 Å². The van der Waals surface area contributed by atoms with Crippen molar-refractivity contribution in [1.29, 1.82) is 0 Å². The highest BCUT2D eigenvalue weighted by Crippen LogP contribution is 2.17. The van der Waals surface area contributed by atoms with Crippen LogP contribution in [-0.4, -0.2) is 82.3 Å². The molecule has 0 bridgehead atoms. The summed E-state index contributed by atoms with van der Waals surface area (Å²) in [7, 11) is 0. The minimum atomic E-state index is 0.0208. The Kier molecular flexibility index (Phi) is 5.26. The van der Waals surface area contributed by atoms with Crippen LogP contribution in [0, 0.1) is 13.8 Å². The third-order valence-corrected chi connectivity index (χ3v) is 5.80. The number of carbonyl (C=O) groups is 2. The number of likely N-dealkylation sites (tertiary alicyclic amines) is 1. The van der Waals surface area contributed by atoms with Gasteiger partial charge in [-0.25, -0.2) is 9.97 Å². The van der Waals surface area contributed by atoms with E-state index in [4.69, 9.17) is 0 Å². The van der Waals surface area contributed by atoms with Crippen molar-refractivity contribution in [2.24, 2.45) is 0 Å². The molecule has 0 saturated carbocycles. The summed E-state index contributed by atoms with van der Waals surface area (Å²) in [6.45, 7) is 8.86. The Bertz CT molecular complexity index is 899. The number of amides is 2. The lowest BCUT2D eigenvalue weighted by atomic mass is 10.1. The van der Waals surface area contributed by atoms with Gasteiger partial charge in [0.1, 0.15) is 0 Å². The minimum absolute atomic E-state index is 0.0208. The van der Waals surface area contributed by atoms with Gasteiger partial charge in [-0.05, 0) is 44.9 Å². The number of carbonyl (C=O) groups excluding carboxylic acids is 2. The van der Waals surface area contributed by atoms with E-state index in [0.717, 1.165) is 61.4 Å². The van der Waals surface area contributed by atoms with Crippen molar-refractivity contribution in [3.63, 3.8) is 0 Å². The number of aromatic nitrogens is 2. The first-order valence-corrected chi connectivity index (χ1v) is 10.1. The number of nitrogens with zero attached hydrogens (tertiary/aromatic N) is 5. The zero-order valence-corrected chi connectivity index (χ0v) is 16.6. The summed E-state index contributed by atoms with van der Waals surface area (Å²) in [5.41, 5.74) is 4.00. The molecule has 2 fully saturated rings. The SMILES string of the molecule is Cc1nc2ccc(C(=O)N3CCN(CC(=O)N4CCCC4)CC3)cc2nc1C. The van der Waals surface area contributed by atoms with Crippen LogP contribution in [0.5, 0.6) is 0 Å². The highest BCUT2D eigenvalue weighted by molar-refractivity contribution is 5.97. The number of hydrogen-bond acceptors (Lipinski definition) is 5. The van der Waals surface area contributed by atoms with Gasteiger partial charge in [-0.2, -0.15) is 0 Å². The Hall–Kier alpha value is -2.54. The second-order valence-electron chi connectivity index (χ2n) is 7.75. The summed E-state index contributed by atoms with van der Waals surface area (Å²) in [6.07, 6.45) is 2.23. The number of hydrogen-bond donors (Lipinski definition) is 0. The first-order valence-electron chi connectivity index (χ1n) is 10.1. The Balaban J connectivity index is 1.37. The van der Waals surface area contributed by atoms with Crippen LogP contribution in [0.3, 0.4) is 0 Å². The molecule has 7 heteroatoms. The van der Waals surface area contributed by atoms with Crippen LogP contribution in [0.4, 0.5) is 0 Å². The van der Waals surface area contributed by atoms with E-state index in [2.05, 4.69) is 14.9 Å². The number of aryl methyl sites for hydroxylation is 2. The molecule has 148 valence electrons. The average Bonchev–Trinajstić information content (AvgIpc) is 3.24. The molecule has 2 amide bonds. The third-order valence-electron chi connectivity index (χ3n) is 5.80. The summed E-state index contributed by atoms with van der Waals surface area (Å²) >= 11 is 0. The Labute approximate surface area is 165 Å². The molecule has 0 radical (unpaired) electrons. The molecule has 28 heavy (non-hydrogen) atoms. The van der Waals surface area contributed by atoms with Gasteiger partial charge in [0.15, 0.2) is 0 Å². The molecule has 2 aromatic rings. The maximum Gasteiger partial charge on any atom is 0.254 e. The predicted molar refractivity (Wildman–Crippen MR) is 107 cm³/mol. The molecular weight excluding hydrogens is 354 g/mol. The van der Waals surface area contributed by atoms with E-state index in [-0.39, 0.29) is 11.8 Å². The van der Waals surface area contributed by atoms with E-state index in [1.54, 1.807) is 0 Å². The quantitative estimate of drug-likeness (QED) is 0.808. The zero-order valence-electron chi connectivity index (χ0n) is 16.6. The molecule has 2 aliphatic rings. The average molecular weight is 381 g/mol. The Morgan fingerprint density at radius 2 is 1.50 bits per heavy atom. The van der Waals surface area contributed by atoms with Gasteiger partial charge in [0.2, 0.25) is 5.91 Å². The van der Waals surface area contributed by atoms with Crippen LogP contribution in [0.25, 0.3) is 11.0 Å². The van der Waals surface area contributed by atoms with Gasteiger partial charge in [0.25, 0.3) is 5.91 Å². The van der Waals surface area contributed by atoms with E-state index >= 15 is 0 Å². The smallest absolute Gasteiger partial charge is 0.254 e. The van der Waals surface area contributed by atoms with Crippen molar-refractivity contribution >= 4 is 22.8 Å². The molecular formula is C21H27N5O2. The van der Waals surface area contributed by atoms with E-state index in [1.807, 2.05) is 41.8 Å². The van der Waals surface area contributed by atoms with Crippen LogP contribution in [0.1, 0.15) is 34.6 Å². The molecule has 1 aromatic carbocycles. The summed E-state index contributed by atoms with van der Waals surface area (Å²) in [5, 5.41) is 0. The van der Waals surface area contributed by atoms with Crippen molar-refractivity contribution in [2.45, 2.75) is 26.7 Å². The van der Waals surface area contributed by atoms with E-state index < -0.39 is 0 Å². The molecule has 0 N–H and O–H groups in total. The summed E-state index contributed by atoms with van der Waals surface area (Å²) < 4.78 is 0. The van der Waals surface area contributed by atoms with Crippen LogP contribution in [0.2, 0.25) is 0 Å². The van der Waals surface area contributed by atoms with Crippen molar-refractivity contribution in [3.8, 4) is 0 Å². The molecule has 7 nitrogen and oxygen atoms in total. The fraction of sp³-hybridized carbons (Fsp3) is 0.524. The van der Waals surface area contributed by atoms with Crippen LogP contribution >= 0.6 is 0 Å². The van der Waals surface area contributed by atoms with Gasteiger partial charge in [-0.1, -0.05) is 0 Å². The minimum Gasteiger partial charge on any atom is -0.342 e. The van der Waals surface area contributed by atoms with Crippen LogP contribution < -0.4 is 0 Å². The molecule has 2 saturated heterocycles. The van der Waals surface area contributed by atoms with E-state index in [9.17, 15) is 9.59 Å². The highest BCUT2D eigenvalue weighted by atomic mass is 16.2. The second-order valence-corrected chi connectivity index (χ2v) is 7.75. The predicted octanol–water partition coefficient (Wildman–Crippen LogP) is 1.63. The summed E-state index contributed by atoms with van der Waals surface area (Å²) in [5.74, 6) is 0.239. The van der Waals surface area contributed by atoms with Gasteiger partial charge < -0.3 is 9.80 Å². The standard InChI is InChI=1S/C21H27N5O2/c1-15-16(2)23-19-13-17(5-6-18(19)22-15)21(28)26-11-9-24(10-12-26)14-20(27)25-7-3-4-8-25/h5-6,13H,3-4,7-12,14H2,1-2H3. The second kappa shape index (κ2) is 7.83. The number of benzene rings is 1. The monoisotopic (exact) mass is 381 g/mol. The third kappa shape index (κ3) is 3.85. The van der Waals surface area contributed by atoms with Gasteiger partial charge in [0, 0.05) is 44.8 Å². The maximum atomic E-state index is 12.9. The van der Waals surface area contributed by atoms with E-state index in [1.165, 1.54) is 0 Å². The molecule has 0 atom stereocenters. The van der Waals surface area contributed by atoms with Crippen LogP contribution in [-0.2, 0) is 4.79 Å². The van der Waals surface area contributed by atoms with Gasteiger partial charge >= 0.3 is 0 Å². The molecule has 1 aromatic heterocycles. The van der Waals surface area contributed by atoms with E-state index in [0.29, 0.717) is 25.2 Å². The summed E-state index contributed by atoms with van der Waals surface area (Å²) in [4.78, 5) is 40.3. The Morgan fingerprint density at radius 3 is 2.18 bits per heavy atom. The first kappa shape index (κ1) is 18.8. The molecule has 3 heterocycles. The summed E-state index contributed by atoms with van der Waals surface area (Å²) in [6, 6.07) is 5.53. The lowest BCUT2D eigenvalue weighted by Gasteiger charge is -2.35. The lowest BCUT2D eigenvalue weighted by Crippen LogP contribution is -2.51. The topological polar surface area (TPSA) is 69.6 Å². The van der Waals surface area contributed by atoms with Gasteiger partial charge in [0.05, 0.1) is 29.0 Å². The number of rotatable bonds is 3. The first-order chi connectivity index (χ1) is 13.5. The fourth-order valence-corrected chi connectivity index (χ4v) is 3.91. The molecule has 4 rings (SSSR count). The number of fused-ring (bicyclic) bond motifs is 1. The maximum absolute atomic E-state index is 12.9. The van der Waals surface area contributed by atoms with Crippen molar-refractivity contribution in [1.82, 2.24) is 24.7 Å². The van der Waals surface area contributed by atoms with Gasteiger partial charge in [-0.15, -0.1) is 0 Å². The highest BCUT2D eigenvalue weighted by Gasteiger charge is 2.26. The molecule has 0 unspecified atom stereocenters. The largest absolute Gasteiger partial charge is 0.342 e. The fourth-order valence-electron chi connectivity index (χ4n) is 3.91. The lowest BCUT2D eigenvalue weighted by molar-refractivity contribution is -0.131. The number of piperazine rings is 1. The molecule has 0 aliphatic carbocycles. The van der Waals surface area contributed by atoms with Crippen molar-refractivity contribution in [2.75, 3.05) is 45.8 Å². The normalized spacial score (nSPS) is 18.1. The molecule has 0 spiro atoms. The Morgan fingerprint density at radius 1 is 0.857 bits per heavy atom.